The number of piperidine rings is 1. The Morgan fingerprint density at radius 1 is 1.30 bits per heavy atom. The number of hydrogen-bond donors (Lipinski definition) is 0. The Kier molecular flexibility index (Phi) is 5.45. The van der Waals surface area contributed by atoms with E-state index in [0.717, 1.165) is 28.4 Å². The number of aryl methyl sites for hydroxylation is 1. The molecule has 2 heterocycles. The van der Waals surface area contributed by atoms with Gasteiger partial charge in [0.25, 0.3) is 0 Å². The van der Waals surface area contributed by atoms with Crippen molar-refractivity contribution in [2.45, 2.75) is 65.4 Å². The molecule has 128 valence electrons. The van der Waals surface area contributed by atoms with E-state index >= 15 is 0 Å². The van der Waals surface area contributed by atoms with E-state index < -0.39 is 5.60 Å². The van der Waals surface area contributed by atoms with E-state index in [0.29, 0.717) is 25.4 Å². The van der Waals surface area contributed by atoms with Gasteiger partial charge in [0.15, 0.2) is 5.78 Å². The summed E-state index contributed by atoms with van der Waals surface area (Å²) in [6.45, 7) is 10.8. The van der Waals surface area contributed by atoms with Crippen molar-refractivity contribution in [2.24, 2.45) is 0 Å². The van der Waals surface area contributed by atoms with Gasteiger partial charge in [0.05, 0.1) is 15.6 Å². The lowest BCUT2D eigenvalue weighted by Gasteiger charge is -2.32. The molecule has 1 saturated heterocycles. The fourth-order valence-electron chi connectivity index (χ4n) is 2.65. The van der Waals surface area contributed by atoms with Gasteiger partial charge in [-0.05, 0) is 40.5 Å². The Bertz CT molecular complexity index is 581. The van der Waals surface area contributed by atoms with Gasteiger partial charge in [-0.1, -0.05) is 6.92 Å². The van der Waals surface area contributed by atoms with Crippen LogP contribution < -0.4 is 0 Å². The lowest BCUT2D eigenvalue weighted by molar-refractivity contribution is 0.0204. The van der Waals surface area contributed by atoms with Crippen molar-refractivity contribution < 1.29 is 14.3 Å². The molecular weight excluding hydrogens is 312 g/mol. The van der Waals surface area contributed by atoms with Gasteiger partial charge < -0.3 is 9.64 Å². The van der Waals surface area contributed by atoms with E-state index in [1.807, 2.05) is 34.6 Å². The summed E-state index contributed by atoms with van der Waals surface area (Å²) < 4.78 is 5.42. The summed E-state index contributed by atoms with van der Waals surface area (Å²) in [5.41, 5.74) is 0.377. The zero-order chi connectivity index (χ0) is 17.2. The number of carbonyl (C=O) groups is 2. The second-order valence-electron chi connectivity index (χ2n) is 6.99. The van der Waals surface area contributed by atoms with E-state index in [2.05, 4.69) is 4.98 Å². The summed E-state index contributed by atoms with van der Waals surface area (Å²) in [4.78, 5) is 31.1. The molecule has 0 atom stereocenters. The third kappa shape index (κ3) is 4.53. The first-order valence-corrected chi connectivity index (χ1v) is 9.01. The minimum Gasteiger partial charge on any atom is -0.444 e. The molecule has 2 rings (SSSR count). The third-order valence-electron chi connectivity index (χ3n) is 3.88. The van der Waals surface area contributed by atoms with Gasteiger partial charge >= 0.3 is 6.09 Å². The fourth-order valence-corrected chi connectivity index (χ4v) is 3.89. The number of aromatic nitrogens is 1. The molecule has 1 aliphatic rings. The van der Waals surface area contributed by atoms with Crippen LogP contribution in [0.2, 0.25) is 0 Å². The lowest BCUT2D eigenvalue weighted by Crippen LogP contribution is -2.41. The van der Waals surface area contributed by atoms with Gasteiger partial charge in [-0.15, -0.1) is 11.3 Å². The molecule has 23 heavy (non-hydrogen) atoms. The number of nitrogens with zero attached hydrogens (tertiary/aromatic N) is 2. The van der Waals surface area contributed by atoms with E-state index in [9.17, 15) is 9.59 Å². The number of rotatable bonds is 3. The molecule has 1 aromatic heterocycles. The number of Topliss-reactive ketones (excluding diaryl/α,β-unsaturated/α-hetero) is 1. The third-order valence-corrected chi connectivity index (χ3v) is 5.24. The van der Waals surface area contributed by atoms with E-state index in [1.54, 1.807) is 4.90 Å². The summed E-state index contributed by atoms with van der Waals surface area (Å²) in [5, 5.41) is 1.03. The van der Waals surface area contributed by atoms with Crippen LogP contribution >= 0.6 is 11.3 Å². The van der Waals surface area contributed by atoms with E-state index in [4.69, 9.17) is 4.74 Å². The zero-order valence-electron chi connectivity index (χ0n) is 14.6. The smallest absolute Gasteiger partial charge is 0.410 e. The van der Waals surface area contributed by atoms with Gasteiger partial charge in [-0.25, -0.2) is 9.78 Å². The monoisotopic (exact) mass is 338 g/mol. The van der Waals surface area contributed by atoms with Crippen molar-refractivity contribution >= 4 is 23.2 Å². The molecule has 6 heteroatoms. The Balaban J connectivity index is 1.97. The molecule has 0 saturated carbocycles. The minimum atomic E-state index is -0.463. The SMILES string of the molecule is CCC(=O)c1sc(C2CCN(C(=O)OC(C)(C)C)CC2)nc1C. The second-order valence-corrected chi connectivity index (χ2v) is 8.02. The van der Waals surface area contributed by atoms with Crippen molar-refractivity contribution in [2.75, 3.05) is 13.1 Å². The topological polar surface area (TPSA) is 59.5 Å². The van der Waals surface area contributed by atoms with Crippen molar-refractivity contribution in [3.63, 3.8) is 0 Å². The molecule has 0 bridgehead atoms. The van der Waals surface area contributed by atoms with Crippen molar-refractivity contribution in [3.8, 4) is 0 Å². The Morgan fingerprint density at radius 3 is 2.43 bits per heavy atom. The molecule has 0 unspecified atom stereocenters. The fraction of sp³-hybridized carbons (Fsp3) is 0.706. The maximum absolute atomic E-state index is 12.1. The van der Waals surface area contributed by atoms with Gasteiger partial charge in [-0.3, -0.25) is 4.79 Å². The quantitative estimate of drug-likeness (QED) is 0.777. The first kappa shape index (κ1) is 17.9. The number of ketones is 1. The zero-order valence-corrected chi connectivity index (χ0v) is 15.5. The number of ether oxygens (including phenoxy) is 1. The Morgan fingerprint density at radius 2 is 1.91 bits per heavy atom. The van der Waals surface area contributed by atoms with Gasteiger partial charge in [-0.2, -0.15) is 0 Å². The molecule has 0 spiro atoms. The molecule has 0 aromatic carbocycles. The Hall–Kier alpha value is -1.43. The first-order valence-electron chi connectivity index (χ1n) is 8.19. The molecule has 1 fully saturated rings. The highest BCUT2D eigenvalue weighted by molar-refractivity contribution is 7.13. The first-order chi connectivity index (χ1) is 10.7. The largest absolute Gasteiger partial charge is 0.444 e. The summed E-state index contributed by atoms with van der Waals surface area (Å²) >= 11 is 1.52. The van der Waals surface area contributed by atoms with Crippen molar-refractivity contribution in [1.29, 1.82) is 0 Å². The van der Waals surface area contributed by atoms with Crippen LogP contribution in [0.5, 0.6) is 0 Å². The van der Waals surface area contributed by atoms with Gasteiger partial charge in [0.1, 0.15) is 5.60 Å². The number of hydrogen-bond acceptors (Lipinski definition) is 5. The van der Waals surface area contributed by atoms with Crippen LogP contribution in [0.3, 0.4) is 0 Å². The summed E-state index contributed by atoms with van der Waals surface area (Å²) in [7, 11) is 0. The molecule has 1 aromatic rings. The van der Waals surface area contributed by atoms with Crippen LogP contribution in [0.4, 0.5) is 4.79 Å². The van der Waals surface area contributed by atoms with Crippen LogP contribution in [0.15, 0.2) is 0 Å². The maximum atomic E-state index is 12.1. The van der Waals surface area contributed by atoms with Gasteiger partial charge in [0.2, 0.25) is 0 Å². The average Bonchev–Trinajstić information content (AvgIpc) is 2.87. The highest BCUT2D eigenvalue weighted by atomic mass is 32.1. The highest BCUT2D eigenvalue weighted by Gasteiger charge is 2.29. The molecule has 5 nitrogen and oxygen atoms in total. The van der Waals surface area contributed by atoms with Crippen LogP contribution in [0.1, 0.15) is 73.2 Å². The highest BCUT2D eigenvalue weighted by Crippen LogP contribution is 2.33. The summed E-state index contributed by atoms with van der Waals surface area (Å²) in [6.07, 6.45) is 2.01. The van der Waals surface area contributed by atoms with Crippen molar-refractivity contribution in [3.05, 3.63) is 15.6 Å². The minimum absolute atomic E-state index is 0.164. The van der Waals surface area contributed by atoms with Crippen LogP contribution in [0, 0.1) is 6.92 Å². The second kappa shape index (κ2) is 6.99. The van der Waals surface area contributed by atoms with Crippen LogP contribution in [-0.2, 0) is 4.74 Å². The number of carbonyl (C=O) groups excluding carboxylic acids is 2. The van der Waals surface area contributed by atoms with Crippen LogP contribution in [0.25, 0.3) is 0 Å². The number of thiazole rings is 1. The summed E-state index contributed by atoms with van der Waals surface area (Å²) in [6, 6.07) is 0. The molecule has 0 N–H and O–H groups in total. The standard InChI is InChI=1S/C17H26N2O3S/c1-6-13(20)14-11(2)18-15(23-14)12-7-9-19(10-8-12)16(21)22-17(3,4)5/h12H,6-10H2,1-5H3. The molecular formula is C17H26N2O3S. The van der Waals surface area contributed by atoms with Gasteiger partial charge in [0, 0.05) is 25.4 Å². The van der Waals surface area contributed by atoms with Crippen LogP contribution in [-0.4, -0.2) is 40.5 Å². The predicted molar refractivity (Wildman–Crippen MR) is 91.3 cm³/mol. The maximum Gasteiger partial charge on any atom is 0.410 e. The number of amides is 1. The molecule has 1 amide bonds. The molecule has 0 aliphatic carbocycles. The predicted octanol–water partition coefficient (Wildman–Crippen LogP) is 4.16. The average molecular weight is 338 g/mol. The molecule has 1 aliphatic heterocycles. The van der Waals surface area contributed by atoms with Crippen molar-refractivity contribution in [1.82, 2.24) is 9.88 Å². The summed E-state index contributed by atoms with van der Waals surface area (Å²) in [5.74, 6) is 0.494. The number of likely N-dealkylation sites (tertiary alicyclic amines) is 1. The normalized spacial score (nSPS) is 16.5. The lowest BCUT2D eigenvalue weighted by atomic mass is 9.98. The van der Waals surface area contributed by atoms with E-state index in [1.165, 1.54) is 11.3 Å². The Labute approximate surface area is 142 Å². The molecule has 0 radical (unpaired) electrons. The van der Waals surface area contributed by atoms with E-state index in [-0.39, 0.29) is 11.9 Å².